The maximum Gasteiger partial charge on any atom is 0.350 e. The van der Waals surface area contributed by atoms with E-state index in [1.54, 1.807) is 0 Å². The van der Waals surface area contributed by atoms with Crippen LogP contribution >= 0.6 is 22.7 Å². The van der Waals surface area contributed by atoms with Gasteiger partial charge < -0.3 is 9.84 Å². The van der Waals surface area contributed by atoms with E-state index in [4.69, 9.17) is 19.8 Å². The Bertz CT molecular complexity index is 2060. The summed E-state index contributed by atoms with van der Waals surface area (Å²) in [6.45, 7) is 7.24. The third-order valence-electron chi connectivity index (χ3n) is 9.93. The molecule has 1 N–H and O–H groups in total. The van der Waals surface area contributed by atoms with Gasteiger partial charge in [0.15, 0.2) is 0 Å². The number of hydrogen-bond acceptors (Lipinski definition) is 9. The van der Waals surface area contributed by atoms with Crippen molar-refractivity contribution in [2.75, 3.05) is 6.61 Å². The van der Waals surface area contributed by atoms with Gasteiger partial charge in [-0.15, -0.1) is 22.7 Å². The molecule has 1 aliphatic heterocycles. The van der Waals surface area contributed by atoms with E-state index in [0.29, 0.717) is 28.0 Å². The van der Waals surface area contributed by atoms with Crippen LogP contribution in [0.15, 0.2) is 30.5 Å². The first-order valence-corrected chi connectivity index (χ1v) is 19.6. The lowest BCUT2D eigenvalue weighted by Gasteiger charge is -2.20. The summed E-state index contributed by atoms with van der Waals surface area (Å²) in [6.07, 6.45) is 17.6. The number of hydrogen-bond donors (Lipinski definition) is 1. The maximum atomic E-state index is 12.6. The molecule has 10 nitrogen and oxygen atoms in total. The average molecular weight is 713 g/mol. The van der Waals surface area contributed by atoms with Gasteiger partial charge in [-0.05, 0) is 96.3 Å². The molecule has 12 heteroatoms. The Hall–Kier alpha value is -4.16. The van der Waals surface area contributed by atoms with Gasteiger partial charge in [0.2, 0.25) is 0 Å². The summed E-state index contributed by atoms with van der Waals surface area (Å²) in [5.41, 5.74) is 8.87. The lowest BCUT2D eigenvalue weighted by atomic mass is 9.86. The molecule has 50 heavy (non-hydrogen) atoms. The van der Waals surface area contributed by atoms with Gasteiger partial charge in [0, 0.05) is 24.4 Å². The van der Waals surface area contributed by atoms with Gasteiger partial charge in [-0.2, -0.15) is 10.2 Å². The van der Waals surface area contributed by atoms with E-state index >= 15 is 0 Å². The van der Waals surface area contributed by atoms with Gasteiger partial charge in [0.1, 0.15) is 19.8 Å². The molecule has 0 amide bonds. The molecular weight excluding hydrogens is 669 g/mol. The zero-order chi connectivity index (χ0) is 34.8. The maximum absolute atomic E-state index is 12.6. The van der Waals surface area contributed by atoms with Crippen LogP contribution in [0, 0.1) is 13.8 Å². The number of ether oxygens (including phenoxy) is 1. The Morgan fingerprint density at radius 3 is 2.42 bits per heavy atom. The highest BCUT2D eigenvalue weighted by atomic mass is 32.1. The first kappa shape index (κ1) is 34.3. The molecule has 8 rings (SSSR count). The summed E-state index contributed by atoms with van der Waals surface area (Å²) in [4.78, 5) is 35.1. The molecule has 1 saturated carbocycles. The van der Waals surface area contributed by atoms with Gasteiger partial charge in [0.25, 0.3) is 0 Å². The number of carboxylic acids is 1. The van der Waals surface area contributed by atoms with Crippen molar-refractivity contribution in [3.63, 3.8) is 0 Å². The molecule has 0 atom stereocenters. The lowest BCUT2D eigenvalue weighted by molar-refractivity contribution is 0.0529. The molecule has 0 unspecified atom stereocenters. The Morgan fingerprint density at radius 2 is 1.66 bits per heavy atom. The molecule has 262 valence electrons. The van der Waals surface area contributed by atoms with Crippen LogP contribution in [0.2, 0.25) is 0 Å². The summed E-state index contributed by atoms with van der Waals surface area (Å²) in [5.74, 6) is -0.732. The van der Waals surface area contributed by atoms with E-state index in [1.165, 1.54) is 60.5 Å². The van der Waals surface area contributed by atoms with Gasteiger partial charge in [-0.25, -0.2) is 24.1 Å². The second-order valence-electron chi connectivity index (χ2n) is 13.3. The van der Waals surface area contributed by atoms with E-state index in [0.717, 1.165) is 101 Å². The van der Waals surface area contributed by atoms with Crippen molar-refractivity contribution in [3.8, 4) is 21.1 Å². The highest BCUT2D eigenvalue weighted by Crippen LogP contribution is 2.42. The van der Waals surface area contributed by atoms with E-state index in [9.17, 15) is 14.7 Å². The first-order chi connectivity index (χ1) is 24.3. The Kier molecular flexibility index (Phi) is 10.3. The topological polar surface area (TPSA) is 125 Å². The van der Waals surface area contributed by atoms with E-state index < -0.39 is 5.97 Å². The SMILES string of the molecule is CCOC(=O)c1sc(-c2c(C)nn3c2CCCC3)nc1C1CCCCC1.Cc1nn2ccccc2c1-c1nc(C2=CCCCC2)c(C(=O)O)s1. The number of carboxylic acid groups (broad SMARTS) is 1. The zero-order valence-electron chi connectivity index (χ0n) is 29.0. The number of rotatable bonds is 7. The van der Waals surface area contributed by atoms with Crippen LogP contribution in [-0.2, 0) is 17.7 Å². The Labute approximate surface area is 300 Å². The van der Waals surface area contributed by atoms with Crippen LogP contribution < -0.4 is 0 Å². The number of allylic oxidation sites excluding steroid dienone is 2. The third kappa shape index (κ3) is 6.79. The van der Waals surface area contributed by atoms with Gasteiger partial charge >= 0.3 is 11.9 Å². The molecule has 0 saturated heterocycles. The van der Waals surface area contributed by atoms with Crippen molar-refractivity contribution in [3.05, 3.63) is 68.7 Å². The number of aryl methyl sites for hydroxylation is 3. The minimum Gasteiger partial charge on any atom is -0.477 e. The second-order valence-corrected chi connectivity index (χ2v) is 15.3. The normalized spacial score (nSPS) is 16.4. The predicted octanol–water partition coefficient (Wildman–Crippen LogP) is 9.30. The lowest BCUT2D eigenvalue weighted by Crippen LogP contribution is -2.12. The van der Waals surface area contributed by atoms with Crippen molar-refractivity contribution in [2.24, 2.45) is 0 Å². The summed E-state index contributed by atoms with van der Waals surface area (Å²) < 4.78 is 9.29. The Morgan fingerprint density at radius 1 is 0.900 bits per heavy atom. The number of carbonyl (C=O) groups is 2. The number of esters is 1. The van der Waals surface area contributed by atoms with Crippen molar-refractivity contribution in [2.45, 2.75) is 110 Å². The van der Waals surface area contributed by atoms with Crippen LogP contribution in [0.25, 0.3) is 32.2 Å². The number of aromatic nitrogens is 6. The highest BCUT2D eigenvalue weighted by Gasteiger charge is 2.30. The predicted molar refractivity (Wildman–Crippen MR) is 197 cm³/mol. The Balaban J connectivity index is 0.000000157. The van der Waals surface area contributed by atoms with Crippen molar-refractivity contribution in [1.29, 1.82) is 0 Å². The van der Waals surface area contributed by atoms with Crippen LogP contribution in [0.3, 0.4) is 0 Å². The van der Waals surface area contributed by atoms with Crippen LogP contribution in [0.1, 0.15) is 131 Å². The fourth-order valence-electron chi connectivity index (χ4n) is 7.56. The van der Waals surface area contributed by atoms with Crippen molar-refractivity contribution < 1.29 is 19.4 Å². The van der Waals surface area contributed by atoms with E-state index in [-0.39, 0.29) is 5.97 Å². The average Bonchev–Trinajstić information content (AvgIpc) is 3.91. The molecule has 0 radical (unpaired) electrons. The van der Waals surface area contributed by atoms with Crippen molar-refractivity contribution in [1.82, 2.24) is 29.4 Å². The smallest absolute Gasteiger partial charge is 0.350 e. The number of carbonyl (C=O) groups excluding carboxylic acids is 1. The molecule has 2 aliphatic carbocycles. The van der Waals surface area contributed by atoms with Gasteiger partial charge in [0.05, 0.1) is 46.0 Å². The standard InChI is InChI=1S/C20H27N3O2S.C18H17N3O2S/c1-3-25-20(24)18-17(14-9-5-4-6-10-14)21-19(26-18)16-13(2)22-23-12-8-7-11-15(16)23;1-11-14(13-9-5-6-10-21(13)20-11)17-19-15(16(24-17)18(22)23)12-7-3-2-4-8-12/h14H,3-12H2,1-2H3;5-7,9-10H,2-4,8H2,1H3,(H,22,23). The highest BCUT2D eigenvalue weighted by molar-refractivity contribution is 7.17. The van der Waals surface area contributed by atoms with Gasteiger partial charge in [-0.1, -0.05) is 31.4 Å². The quantitative estimate of drug-likeness (QED) is 0.166. The third-order valence-corrected chi connectivity index (χ3v) is 12.1. The van der Waals surface area contributed by atoms with Crippen molar-refractivity contribution >= 4 is 45.7 Å². The minimum absolute atomic E-state index is 0.212. The molecule has 0 spiro atoms. The van der Waals surface area contributed by atoms with Crippen LogP contribution in [0.5, 0.6) is 0 Å². The minimum atomic E-state index is -0.908. The molecule has 5 aromatic rings. The summed E-state index contributed by atoms with van der Waals surface area (Å²) >= 11 is 2.75. The van der Waals surface area contributed by atoms with E-state index in [2.05, 4.69) is 22.8 Å². The molecule has 3 aliphatic rings. The number of nitrogens with zero attached hydrogens (tertiary/aromatic N) is 6. The largest absolute Gasteiger partial charge is 0.477 e. The molecule has 6 heterocycles. The number of thiazole rings is 2. The fraction of sp³-hybridized carbons (Fsp3) is 0.474. The number of fused-ring (bicyclic) bond motifs is 2. The van der Waals surface area contributed by atoms with Crippen LogP contribution in [0.4, 0.5) is 0 Å². The van der Waals surface area contributed by atoms with Crippen LogP contribution in [-0.4, -0.2) is 53.0 Å². The zero-order valence-corrected chi connectivity index (χ0v) is 30.7. The molecule has 1 fully saturated rings. The van der Waals surface area contributed by atoms with Gasteiger partial charge in [-0.3, -0.25) is 4.68 Å². The summed E-state index contributed by atoms with van der Waals surface area (Å²) in [6, 6.07) is 5.86. The number of aromatic carboxylic acids is 1. The molecule has 0 aromatic carbocycles. The summed E-state index contributed by atoms with van der Waals surface area (Å²) in [7, 11) is 0. The molecule has 5 aromatic heterocycles. The fourth-order valence-corrected chi connectivity index (χ4v) is 9.77. The molecule has 0 bridgehead atoms. The molecular formula is C38H44N6O4S2. The monoisotopic (exact) mass is 712 g/mol. The number of pyridine rings is 1. The second kappa shape index (κ2) is 15.0. The first-order valence-electron chi connectivity index (χ1n) is 18.0. The van der Waals surface area contributed by atoms with E-state index in [1.807, 2.05) is 42.8 Å². The summed E-state index contributed by atoms with van der Waals surface area (Å²) in [5, 5.41) is 20.5.